The van der Waals surface area contributed by atoms with E-state index in [2.05, 4.69) is 9.71 Å². The Labute approximate surface area is 342 Å². The maximum absolute atomic E-state index is 15.0. The number of rotatable bonds is 11. The molecule has 6 rings (SSSR count). The average Bonchev–Trinajstić information content (AvgIpc) is 3.81. The number of aromatic nitrogens is 1. The van der Waals surface area contributed by atoms with Crippen molar-refractivity contribution in [1.29, 1.82) is 0 Å². The number of ether oxygens (including phenoxy) is 2. The molecule has 0 bridgehead atoms. The highest BCUT2D eigenvalue weighted by atomic mass is 32.2. The average molecular weight is 873 g/mol. The number of nitrogens with one attached hydrogen (secondary N) is 1. The predicted molar refractivity (Wildman–Crippen MR) is 205 cm³/mol. The maximum Gasteiger partial charge on any atom is 0.425 e. The molecule has 3 amide bonds. The highest BCUT2D eigenvalue weighted by Crippen LogP contribution is 2.45. The number of halogens is 6. The number of benzene rings is 1. The SMILES string of the molecule is CCC[C@H]1N(C(=O)c2ncccc2C(F)(F)F)CCC[C@@]1(Oc1csc(C(F)(F)F)c1)C(=O)N1CCC(c2ccccc2O[C@@H]2CC[C@](C)(C(=O)NS(C)(=O)=O)C2)CC1. The standard InChI is InChI=1S/C40H46F6N4O7S2/c1-4-9-31-38(57-27-22-32(58-24-27)40(44,45)46,16-8-19-50(31)34(51)33-29(39(41,42)43)11-7-18-47-33)36(53)49-20-14-25(15-21-49)28-10-5-6-12-30(28)56-26-13-17-37(2,23-26)35(52)48-59(3,54)55/h5-7,10-12,18,22,24-26,31H,4,8-9,13-17,19-21,23H2,1-3H3,(H,48,52)/t26-,31-,37+,38+/m1/s1. The number of pyridine rings is 1. The lowest BCUT2D eigenvalue weighted by molar-refractivity contribution is -0.160. The minimum atomic E-state index is -4.91. The number of alkyl halides is 6. The van der Waals surface area contributed by atoms with Crippen LogP contribution in [0.5, 0.6) is 11.5 Å². The van der Waals surface area contributed by atoms with E-state index >= 15 is 0 Å². The molecule has 2 aromatic heterocycles. The van der Waals surface area contributed by atoms with Crippen LogP contribution < -0.4 is 14.2 Å². The molecular formula is C40H46F6N4O7S2. The number of carbonyl (C=O) groups excluding carboxylic acids is 3. The normalized spacial score (nSPS) is 24.5. The van der Waals surface area contributed by atoms with Crippen LogP contribution >= 0.6 is 11.3 Å². The Morgan fingerprint density at radius 1 is 0.983 bits per heavy atom. The largest absolute Gasteiger partial charge is 0.490 e. The summed E-state index contributed by atoms with van der Waals surface area (Å²) in [6.45, 7) is 3.82. The summed E-state index contributed by atoms with van der Waals surface area (Å²) in [6.07, 6.45) is -5.31. The van der Waals surface area contributed by atoms with Crippen LogP contribution in [0.15, 0.2) is 54.0 Å². The molecule has 59 heavy (non-hydrogen) atoms. The number of sulfonamides is 1. The molecule has 3 aliphatic rings. The van der Waals surface area contributed by atoms with Crippen molar-refractivity contribution in [3.63, 3.8) is 0 Å². The van der Waals surface area contributed by atoms with Crippen molar-refractivity contribution in [2.24, 2.45) is 5.41 Å². The first kappa shape index (κ1) is 44.2. The number of hydrogen-bond acceptors (Lipinski definition) is 9. The first-order valence-corrected chi connectivity index (χ1v) is 22.2. The summed E-state index contributed by atoms with van der Waals surface area (Å²) in [4.78, 5) is 47.4. The van der Waals surface area contributed by atoms with Crippen LogP contribution in [0.2, 0.25) is 0 Å². The van der Waals surface area contributed by atoms with Crippen molar-refractivity contribution in [2.75, 3.05) is 25.9 Å². The Hall–Kier alpha value is -4.39. The van der Waals surface area contributed by atoms with Gasteiger partial charge in [0.1, 0.15) is 22.1 Å². The van der Waals surface area contributed by atoms with Crippen molar-refractivity contribution >= 4 is 39.1 Å². The number of amides is 3. The van der Waals surface area contributed by atoms with Crippen molar-refractivity contribution in [2.45, 2.75) is 108 Å². The Kier molecular flexibility index (Phi) is 12.7. The number of likely N-dealkylation sites (tertiary alicyclic amines) is 2. The molecule has 11 nitrogen and oxygen atoms in total. The molecular weight excluding hydrogens is 827 g/mol. The molecule has 3 fully saturated rings. The van der Waals surface area contributed by atoms with Gasteiger partial charge in [0.05, 0.1) is 29.4 Å². The summed E-state index contributed by atoms with van der Waals surface area (Å²) in [5, 5.41) is 1.14. The molecule has 0 radical (unpaired) electrons. The van der Waals surface area contributed by atoms with E-state index in [1.54, 1.807) is 18.7 Å². The summed E-state index contributed by atoms with van der Waals surface area (Å²) in [7, 11) is -3.74. The first-order chi connectivity index (χ1) is 27.6. The predicted octanol–water partition coefficient (Wildman–Crippen LogP) is 7.82. The van der Waals surface area contributed by atoms with Crippen LogP contribution in [0, 0.1) is 5.41 Å². The second-order valence-corrected chi connectivity index (χ2v) is 18.5. The van der Waals surface area contributed by atoms with E-state index in [-0.39, 0.29) is 56.7 Å². The fourth-order valence-corrected chi connectivity index (χ4v) is 9.89. The van der Waals surface area contributed by atoms with Gasteiger partial charge in [-0.25, -0.2) is 8.42 Å². The fraction of sp³-hybridized carbons (Fsp3) is 0.550. The molecule has 4 heterocycles. The molecule has 1 N–H and O–H groups in total. The van der Waals surface area contributed by atoms with E-state index in [1.807, 2.05) is 24.3 Å². The van der Waals surface area contributed by atoms with Gasteiger partial charge < -0.3 is 19.3 Å². The second-order valence-electron chi connectivity index (χ2n) is 15.8. The molecule has 3 aromatic rings. The summed E-state index contributed by atoms with van der Waals surface area (Å²) in [5.74, 6) is -1.98. The van der Waals surface area contributed by atoms with Crippen molar-refractivity contribution in [3.05, 3.63) is 75.7 Å². The summed E-state index contributed by atoms with van der Waals surface area (Å²) in [5.41, 5.74) is -4.11. The highest BCUT2D eigenvalue weighted by Gasteiger charge is 2.56. The molecule has 322 valence electrons. The van der Waals surface area contributed by atoms with E-state index in [9.17, 15) is 49.1 Å². The topological polar surface area (TPSA) is 135 Å². The van der Waals surface area contributed by atoms with Gasteiger partial charge in [-0.05, 0) is 74.6 Å². The number of para-hydroxylation sites is 1. The van der Waals surface area contributed by atoms with Gasteiger partial charge in [-0.2, -0.15) is 26.3 Å². The molecule has 2 aliphatic heterocycles. The van der Waals surface area contributed by atoms with Crippen LogP contribution in [0.3, 0.4) is 0 Å². The van der Waals surface area contributed by atoms with E-state index in [4.69, 9.17) is 9.47 Å². The summed E-state index contributed by atoms with van der Waals surface area (Å²) < 4.78 is 122. The summed E-state index contributed by atoms with van der Waals surface area (Å²) in [6, 6.07) is 8.84. The van der Waals surface area contributed by atoms with Crippen LogP contribution in [-0.2, 0) is 32.0 Å². The van der Waals surface area contributed by atoms with E-state index in [1.165, 1.54) is 4.90 Å². The zero-order chi connectivity index (χ0) is 43.0. The number of piperidine rings is 2. The summed E-state index contributed by atoms with van der Waals surface area (Å²) >= 11 is 0.382. The molecule has 1 aromatic carbocycles. The molecule has 1 saturated carbocycles. The van der Waals surface area contributed by atoms with Gasteiger partial charge in [0.2, 0.25) is 21.5 Å². The number of hydrogen-bond donors (Lipinski definition) is 1. The van der Waals surface area contributed by atoms with E-state index < -0.39 is 73.3 Å². The van der Waals surface area contributed by atoms with Gasteiger partial charge in [0.15, 0.2) is 0 Å². The Balaban J connectivity index is 1.26. The second kappa shape index (κ2) is 16.9. The van der Waals surface area contributed by atoms with E-state index in [0.717, 1.165) is 41.6 Å². The third kappa shape index (κ3) is 9.66. The zero-order valence-corrected chi connectivity index (χ0v) is 34.3. The zero-order valence-electron chi connectivity index (χ0n) is 32.7. The van der Waals surface area contributed by atoms with Crippen molar-refractivity contribution < 1.29 is 58.6 Å². The molecule has 19 heteroatoms. The van der Waals surface area contributed by atoms with Gasteiger partial charge in [-0.15, -0.1) is 11.3 Å². The molecule has 1 aliphatic carbocycles. The maximum atomic E-state index is 15.0. The van der Waals surface area contributed by atoms with Gasteiger partial charge >= 0.3 is 12.4 Å². The Morgan fingerprint density at radius 3 is 2.34 bits per heavy atom. The fourth-order valence-electron chi connectivity index (χ4n) is 8.63. The lowest BCUT2D eigenvalue weighted by Gasteiger charge is -2.50. The molecule has 0 unspecified atom stereocenters. The minimum absolute atomic E-state index is 0.00898. The lowest BCUT2D eigenvalue weighted by atomic mass is 9.79. The van der Waals surface area contributed by atoms with Crippen molar-refractivity contribution in [3.8, 4) is 11.5 Å². The number of nitrogens with zero attached hydrogens (tertiary/aromatic N) is 3. The monoisotopic (exact) mass is 872 g/mol. The van der Waals surface area contributed by atoms with Crippen LogP contribution in [0.4, 0.5) is 26.3 Å². The Morgan fingerprint density at radius 2 is 1.69 bits per heavy atom. The molecule has 4 atom stereocenters. The highest BCUT2D eigenvalue weighted by molar-refractivity contribution is 7.89. The number of carbonyl (C=O) groups is 3. The van der Waals surface area contributed by atoms with Crippen molar-refractivity contribution in [1.82, 2.24) is 19.5 Å². The van der Waals surface area contributed by atoms with E-state index in [0.29, 0.717) is 55.6 Å². The van der Waals surface area contributed by atoms with Gasteiger partial charge in [0.25, 0.3) is 11.8 Å². The van der Waals surface area contributed by atoms with Crippen LogP contribution in [0.25, 0.3) is 0 Å². The molecule has 2 saturated heterocycles. The number of thiophene rings is 1. The quantitative estimate of drug-likeness (QED) is 0.193. The lowest BCUT2D eigenvalue weighted by Crippen LogP contribution is -2.68. The Bertz CT molecular complexity index is 2140. The third-order valence-corrected chi connectivity index (χ3v) is 13.0. The first-order valence-electron chi connectivity index (χ1n) is 19.4. The van der Waals surface area contributed by atoms with Crippen LogP contribution in [-0.4, -0.2) is 84.6 Å². The van der Waals surface area contributed by atoms with Gasteiger partial charge in [-0.3, -0.25) is 24.1 Å². The van der Waals surface area contributed by atoms with Gasteiger partial charge in [0, 0.05) is 43.7 Å². The molecule has 0 spiro atoms. The minimum Gasteiger partial charge on any atom is -0.490 e. The van der Waals surface area contributed by atoms with Crippen LogP contribution in [0.1, 0.15) is 104 Å². The smallest absolute Gasteiger partial charge is 0.425 e. The van der Waals surface area contributed by atoms with Gasteiger partial charge in [-0.1, -0.05) is 38.5 Å². The third-order valence-electron chi connectivity index (χ3n) is 11.5.